The van der Waals surface area contributed by atoms with Crippen molar-refractivity contribution in [3.63, 3.8) is 0 Å². The van der Waals surface area contributed by atoms with E-state index in [4.69, 9.17) is 4.74 Å². The van der Waals surface area contributed by atoms with Crippen LogP contribution < -0.4 is 15.4 Å². The SMILES string of the molecule is COc1ccccc1NC(=O)[C@@H](C)[NH2+]CC12CC3CC(CC(C3)C1)C2. The van der Waals surface area contributed by atoms with Gasteiger partial charge in [0.15, 0.2) is 6.04 Å². The molecule has 0 spiro atoms. The lowest BCUT2D eigenvalue weighted by Gasteiger charge is -2.56. The topological polar surface area (TPSA) is 54.9 Å². The molecule has 4 fully saturated rings. The van der Waals surface area contributed by atoms with Gasteiger partial charge in [-0.3, -0.25) is 4.79 Å². The highest BCUT2D eigenvalue weighted by atomic mass is 16.5. The molecule has 1 aromatic rings. The van der Waals surface area contributed by atoms with Crippen LogP contribution >= 0.6 is 0 Å². The molecule has 0 aromatic heterocycles. The third-order valence-corrected chi connectivity index (χ3v) is 6.85. The summed E-state index contributed by atoms with van der Waals surface area (Å²) < 4.78 is 5.33. The van der Waals surface area contributed by atoms with Crippen molar-refractivity contribution in [1.82, 2.24) is 0 Å². The number of amides is 1. The van der Waals surface area contributed by atoms with Gasteiger partial charge in [-0.05, 0) is 75.3 Å². The molecule has 0 saturated heterocycles. The number of para-hydroxylation sites is 2. The molecule has 0 aliphatic heterocycles. The molecule has 4 heteroatoms. The molecule has 4 aliphatic carbocycles. The second-order valence-electron chi connectivity index (χ2n) is 8.84. The molecule has 4 saturated carbocycles. The second-order valence-corrected chi connectivity index (χ2v) is 8.84. The first-order chi connectivity index (χ1) is 12.1. The van der Waals surface area contributed by atoms with E-state index in [2.05, 4.69) is 10.6 Å². The molecule has 0 unspecified atom stereocenters. The van der Waals surface area contributed by atoms with Crippen molar-refractivity contribution in [3.05, 3.63) is 24.3 Å². The summed E-state index contributed by atoms with van der Waals surface area (Å²) in [5.41, 5.74) is 1.26. The number of rotatable bonds is 6. The van der Waals surface area contributed by atoms with Crippen LogP contribution in [0.3, 0.4) is 0 Å². The molecule has 0 radical (unpaired) electrons. The number of ether oxygens (including phenoxy) is 1. The highest BCUT2D eigenvalue weighted by molar-refractivity contribution is 5.94. The van der Waals surface area contributed by atoms with Crippen LogP contribution in [0.15, 0.2) is 24.3 Å². The second kappa shape index (κ2) is 6.64. The van der Waals surface area contributed by atoms with Gasteiger partial charge in [-0.25, -0.2) is 0 Å². The van der Waals surface area contributed by atoms with Crippen LogP contribution in [0.25, 0.3) is 0 Å². The van der Waals surface area contributed by atoms with Crippen molar-refractivity contribution in [1.29, 1.82) is 0 Å². The van der Waals surface area contributed by atoms with Crippen LogP contribution in [-0.4, -0.2) is 25.6 Å². The van der Waals surface area contributed by atoms with Crippen LogP contribution in [0, 0.1) is 23.2 Å². The lowest BCUT2D eigenvalue weighted by atomic mass is 9.49. The number of nitrogens with two attached hydrogens (primary N) is 1. The van der Waals surface area contributed by atoms with Gasteiger partial charge in [0.05, 0.1) is 19.3 Å². The molecule has 3 N–H and O–H groups in total. The van der Waals surface area contributed by atoms with Crippen molar-refractivity contribution in [2.45, 2.75) is 51.5 Å². The monoisotopic (exact) mass is 343 g/mol. The largest absolute Gasteiger partial charge is 0.495 e. The maximum absolute atomic E-state index is 12.6. The van der Waals surface area contributed by atoms with Crippen molar-refractivity contribution in [2.75, 3.05) is 19.0 Å². The van der Waals surface area contributed by atoms with Crippen LogP contribution in [0.1, 0.15) is 45.4 Å². The molecule has 5 rings (SSSR count). The highest BCUT2D eigenvalue weighted by Crippen LogP contribution is 2.59. The summed E-state index contributed by atoms with van der Waals surface area (Å²) in [6.07, 6.45) is 8.62. The molecular formula is C21H31N2O2+. The zero-order chi connectivity index (χ0) is 17.4. The molecule has 25 heavy (non-hydrogen) atoms. The van der Waals surface area contributed by atoms with E-state index in [-0.39, 0.29) is 11.9 Å². The third-order valence-electron chi connectivity index (χ3n) is 6.85. The first kappa shape index (κ1) is 16.9. The Morgan fingerprint density at radius 2 is 1.80 bits per heavy atom. The lowest BCUT2D eigenvalue weighted by molar-refractivity contribution is -0.686. The minimum Gasteiger partial charge on any atom is -0.495 e. The minimum absolute atomic E-state index is 0.0641. The quantitative estimate of drug-likeness (QED) is 0.834. The smallest absolute Gasteiger partial charge is 0.282 e. The van der Waals surface area contributed by atoms with Gasteiger partial charge < -0.3 is 15.4 Å². The van der Waals surface area contributed by atoms with Crippen LogP contribution in [0.2, 0.25) is 0 Å². The van der Waals surface area contributed by atoms with Gasteiger partial charge in [0.25, 0.3) is 5.91 Å². The average molecular weight is 343 g/mol. The van der Waals surface area contributed by atoms with Gasteiger partial charge >= 0.3 is 0 Å². The summed E-state index contributed by atoms with van der Waals surface area (Å²) >= 11 is 0. The summed E-state index contributed by atoms with van der Waals surface area (Å²) in [7, 11) is 1.63. The van der Waals surface area contributed by atoms with Crippen LogP contribution in [0.4, 0.5) is 5.69 Å². The summed E-state index contributed by atoms with van der Waals surface area (Å²) in [5.74, 6) is 3.69. The number of quaternary nitrogens is 1. The fourth-order valence-electron chi connectivity index (χ4n) is 6.07. The Kier molecular flexibility index (Phi) is 4.48. The van der Waals surface area contributed by atoms with Crippen molar-refractivity contribution < 1.29 is 14.8 Å². The Balaban J connectivity index is 1.34. The fourth-order valence-corrected chi connectivity index (χ4v) is 6.07. The Bertz CT molecular complexity index is 607. The number of hydrogen-bond acceptors (Lipinski definition) is 2. The van der Waals surface area contributed by atoms with Gasteiger partial charge in [-0.2, -0.15) is 0 Å². The zero-order valence-electron chi connectivity index (χ0n) is 15.5. The van der Waals surface area contributed by atoms with E-state index >= 15 is 0 Å². The van der Waals surface area contributed by atoms with E-state index in [1.165, 1.54) is 38.5 Å². The number of carbonyl (C=O) groups is 1. The first-order valence-electron chi connectivity index (χ1n) is 9.84. The maximum atomic E-state index is 12.6. The number of benzene rings is 1. The van der Waals surface area contributed by atoms with Crippen molar-refractivity contribution >= 4 is 11.6 Å². The highest BCUT2D eigenvalue weighted by Gasteiger charge is 2.51. The number of hydrogen-bond donors (Lipinski definition) is 2. The molecule has 1 amide bonds. The fraction of sp³-hybridized carbons (Fsp3) is 0.667. The predicted octanol–water partition coefficient (Wildman–Crippen LogP) is 2.80. The molecule has 4 bridgehead atoms. The van der Waals surface area contributed by atoms with E-state index < -0.39 is 0 Å². The minimum atomic E-state index is -0.0714. The Morgan fingerprint density at radius 1 is 1.20 bits per heavy atom. The van der Waals surface area contributed by atoms with Crippen molar-refractivity contribution in [2.24, 2.45) is 23.2 Å². The standard InChI is InChI=1S/C21H30N2O2/c1-14(20(24)23-18-5-3-4-6-19(18)25-2)22-13-21-10-15-7-16(11-21)9-17(8-15)12-21/h3-6,14-17,22H,7-13H2,1-2H3,(H,23,24)/p+1/t14-,15?,16?,17?,21?/m1/s1. The van der Waals surface area contributed by atoms with Gasteiger partial charge in [0.2, 0.25) is 0 Å². The van der Waals surface area contributed by atoms with E-state index in [0.717, 1.165) is 30.0 Å². The molecular weight excluding hydrogens is 312 g/mol. The summed E-state index contributed by atoms with van der Waals surface area (Å²) in [6, 6.07) is 7.53. The average Bonchev–Trinajstić information content (AvgIpc) is 2.59. The molecule has 1 aromatic carbocycles. The van der Waals surface area contributed by atoms with E-state index in [0.29, 0.717) is 11.2 Å². The maximum Gasteiger partial charge on any atom is 0.282 e. The lowest BCUT2D eigenvalue weighted by Crippen LogP contribution is -2.94. The number of carbonyl (C=O) groups excluding carboxylic acids is 1. The molecule has 1 atom stereocenters. The normalized spacial score (nSPS) is 33.9. The Labute approximate surface area is 150 Å². The summed E-state index contributed by atoms with van der Waals surface area (Å²) in [4.78, 5) is 12.6. The summed E-state index contributed by atoms with van der Waals surface area (Å²) in [6.45, 7) is 3.13. The van der Waals surface area contributed by atoms with Gasteiger partial charge in [0.1, 0.15) is 5.75 Å². The Morgan fingerprint density at radius 3 is 2.40 bits per heavy atom. The number of nitrogens with one attached hydrogen (secondary N) is 1. The van der Waals surface area contributed by atoms with Gasteiger partial charge in [-0.15, -0.1) is 0 Å². The van der Waals surface area contributed by atoms with Crippen LogP contribution in [-0.2, 0) is 4.79 Å². The number of anilines is 1. The molecule has 4 nitrogen and oxygen atoms in total. The molecule has 136 valence electrons. The predicted molar refractivity (Wildman–Crippen MR) is 98.5 cm³/mol. The van der Waals surface area contributed by atoms with E-state index in [1.807, 2.05) is 31.2 Å². The summed E-state index contributed by atoms with van der Waals surface area (Å²) in [5, 5.41) is 5.30. The third kappa shape index (κ3) is 3.41. The molecule has 0 heterocycles. The molecule has 4 aliphatic rings. The van der Waals surface area contributed by atoms with E-state index in [9.17, 15) is 4.79 Å². The number of methoxy groups -OCH3 is 1. The zero-order valence-corrected chi connectivity index (χ0v) is 15.5. The van der Waals surface area contributed by atoms with Gasteiger partial charge in [0, 0.05) is 5.41 Å². The van der Waals surface area contributed by atoms with Crippen molar-refractivity contribution in [3.8, 4) is 5.75 Å². The van der Waals surface area contributed by atoms with Crippen LogP contribution in [0.5, 0.6) is 5.75 Å². The van der Waals surface area contributed by atoms with E-state index in [1.54, 1.807) is 7.11 Å². The Hall–Kier alpha value is -1.55. The first-order valence-corrected chi connectivity index (χ1v) is 9.84. The van der Waals surface area contributed by atoms with Gasteiger partial charge in [-0.1, -0.05) is 12.1 Å².